The van der Waals surface area contributed by atoms with Gasteiger partial charge in [0, 0.05) is 25.4 Å². The second kappa shape index (κ2) is 5.05. The number of imidazole rings is 1. The van der Waals surface area contributed by atoms with Crippen LogP contribution < -0.4 is 4.74 Å². The predicted molar refractivity (Wildman–Crippen MR) is 67.5 cm³/mol. The molecule has 0 saturated heterocycles. The van der Waals surface area contributed by atoms with E-state index in [1.54, 1.807) is 6.20 Å². The average Bonchev–Trinajstić information content (AvgIpc) is 2.70. The fraction of sp³-hybridized carbons (Fsp3) is 0.333. The third kappa shape index (κ3) is 2.78. The van der Waals surface area contributed by atoms with Gasteiger partial charge in [-0.2, -0.15) is 0 Å². The van der Waals surface area contributed by atoms with Crippen LogP contribution in [-0.4, -0.2) is 26.8 Å². The second-order valence-electron chi connectivity index (χ2n) is 4.14. The number of alkyl halides is 1. The number of carboxylic acid groups (broad SMARTS) is 1. The number of fused-ring (bicyclic) bond motifs is 1. The molecule has 0 aliphatic rings. The van der Waals surface area contributed by atoms with E-state index in [0.717, 1.165) is 0 Å². The van der Waals surface area contributed by atoms with E-state index in [2.05, 4.69) is 4.98 Å². The smallest absolute Gasteiger partial charge is 0.312 e. The van der Waals surface area contributed by atoms with Gasteiger partial charge in [-0.05, 0) is 6.92 Å². The van der Waals surface area contributed by atoms with Gasteiger partial charge < -0.3 is 14.2 Å². The Bertz CT molecular complexity index is 627. The number of nitrogens with zero attached hydrogens (tertiary/aromatic N) is 2. The summed E-state index contributed by atoms with van der Waals surface area (Å²) in [6, 6.07) is 1.44. The molecule has 0 radical (unpaired) electrons. The van der Waals surface area contributed by atoms with Gasteiger partial charge in [-0.3, -0.25) is 4.79 Å². The summed E-state index contributed by atoms with van der Waals surface area (Å²) >= 11 is 5.89. The quantitative estimate of drug-likeness (QED) is 0.938. The molecule has 102 valence electrons. The van der Waals surface area contributed by atoms with Crippen LogP contribution in [-0.2, 0) is 4.79 Å². The van der Waals surface area contributed by atoms with Crippen molar-refractivity contribution in [2.24, 2.45) is 0 Å². The van der Waals surface area contributed by atoms with Gasteiger partial charge in [0.05, 0.1) is 16.6 Å². The summed E-state index contributed by atoms with van der Waals surface area (Å²) in [6.45, 7) is 2.76. The normalized spacial score (nSPS) is 14.3. The zero-order valence-electron chi connectivity index (χ0n) is 10.3. The zero-order valence-corrected chi connectivity index (χ0v) is 11.1. The minimum Gasteiger partial charge on any atom is -0.481 e. The Morgan fingerprint density at radius 1 is 1.53 bits per heavy atom. The molecule has 2 unspecified atom stereocenters. The first-order chi connectivity index (χ1) is 8.88. The van der Waals surface area contributed by atoms with Crippen LogP contribution in [0.15, 0.2) is 18.5 Å². The van der Waals surface area contributed by atoms with E-state index in [0.29, 0.717) is 16.4 Å². The summed E-state index contributed by atoms with van der Waals surface area (Å²) in [4.78, 5) is 15.1. The number of ether oxygens (including phenoxy) is 1. The maximum atomic E-state index is 12.9. The predicted octanol–water partition coefficient (Wildman–Crippen LogP) is 2.87. The summed E-state index contributed by atoms with van der Waals surface area (Å²) in [5, 5.41) is 9.31. The highest BCUT2D eigenvalue weighted by Crippen LogP contribution is 2.27. The number of pyridine rings is 1. The van der Waals surface area contributed by atoms with Crippen LogP contribution >= 0.6 is 11.6 Å². The number of halogens is 2. The van der Waals surface area contributed by atoms with Crippen LogP contribution in [0.1, 0.15) is 25.5 Å². The van der Waals surface area contributed by atoms with Crippen molar-refractivity contribution < 1.29 is 19.0 Å². The number of carboxylic acids is 1. The topological polar surface area (TPSA) is 63.8 Å². The third-order valence-corrected chi connectivity index (χ3v) is 2.81. The van der Waals surface area contributed by atoms with Gasteiger partial charge >= 0.3 is 5.97 Å². The molecular formula is C12H12ClFN2O3. The molecule has 0 saturated carbocycles. The minimum atomic E-state index is -1.51. The number of hydrogen-bond donors (Lipinski definition) is 1. The van der Waals surface area contributed by atoms with E-state index in [1.807, 2.05) is 0 Å². The lowest BCUT2D eigenvalue weighted by Gasteiger charge is -2.08. The first-order valence-electron chi connectivity index (χ1n) is 5.60. The molecule has 2 atom stereocenters. The highest BCUT2D eigenvalue weighted by Gasteiger charge is 2.19. The molecule has 2 rings (SSSR count). The number of carbonyl (C=O) groups is 1. The van der Waals surface area contributed by atoms with Gasteiger partial charge in [0.1, 0.15) is 0 Å². The van der Waals surface area contributed by atoms with Gasteiger partial charge in [0.25, 0.3) is 0 Å². The fourth-order valence-corrected chi connectivity index (χ4v) is 1.85. The Kier molecular flexibility index (Phi) is 3.61. The lowest BCUT2D eigenvalue weighted by molar-refractivity contribution is -0.138. The molecule has 0 aromatic carbocycles. The largest absolute Gasteiger partial charge is 0.481 e. The molecule has 7 heteroatoms. The lowest BCUT2D eigenvalue weighted by atomic mass is 10.1. The molecule has 2 aromatic heterocycles. The molecular weight excluding hydrogens is 275 g/mol. The standard InChI is InChI=1S/C12H12ClFN2O3/c1-6(12(17)18)9-5-16-4-8(13)3-10(11(16)15-9)19-7(2)14/h3-7H,1-2H3,(H,17,18). The molecule has 0 bridgehead atoms. The van der Waals surface area contributed by atoms with E-state index in [9.17, 15) is 9.18 Å². The molecule has 1 N–H and O–H groups in total. The molecule has 0 aliphatic heterocycles. The minimum absolute atomic E-state index is 0.173. The molecule has 0 fully saturated rings. The van der Waals surface area contributed by atoms with E-state index in [-0.39, 0.29) is 5.75 Å². The van der Waals surface area contributed by atoms with Crippen LogP contribution in [0, 0.1) is 0 Å². The lowest BCUT2D eigenvalue weighted by Crippen LogP contribution is -2.07. The van der Waals surface area contributed by atoms with E-state index in [1.165, 1.54) is 30.5 Å². The highest BCUT2D eigenvalue weighted by atomic mass is 35.5. The van der Waals surface area contributed by atoms with Crippen molar-refractivity contribution in [1.82, 2.24) is 9.38 Å². The van der Waals surface area contributed by atoms with Gasteiger partial charge in [0.2, 0.25) is 6.36 Å². The SMILES string of the molecule is CC(F)Oc1cc(Cl)cn2cc(C(C)C(=O)O)nc12. The summed E-state index contributed by atoms with van der Waals surface area (Å²) in [5.41, 5.74) is 0.683. The highest BCUT2D eigenvalue weighted by molar-refractivity contribution is 6.30. The van der Waals surface area contributed by atoms with Crippen molar-refractivity contribution in [3.8, 4) is 5.75 Å². The zero-order chi connectivity index (χ0) is 14.2. The number of aromatic nitrogens is 2. The van der Waals surface area contributed by atoms with Crippen LogP contribution in [0.3, 0.4) is 0 Å². The van der Waals surface area contributed by atoms with E-state index >= 15 is 0 Å². The summed E-state index contributed by atoms with van der Waals surface area (Å²) in [5.74, 6) is -1.59. The second-order valence-corrected chi connectivity index (χ2v) is 4.58. The molecule has 0 aliphatic carbocycles. The van der Waals surface area contributed by atoms with Crippen LogP contribution in [0.5, 0.6) is 5.75 Å². The Labute approximate surface area is 113 Å². The number of aliphatic carboxylic acids is 1. The average molecular weight is 287 g/mol. The van der Waals surface area contributed by atoms with Crippen LogP contribution in [0.4, 0.5) is 4.39 Å². The molecule has 0 spiro atoms. The van der Waals surface area contributed by atoms with Crippen molar-refractivity contribution in [2.75, 3.05) is 0 Å². The van der Waals surface area contributed by atoms with Crippen molar-refractivity contribution in [2.45, 2.75) is 26.1 Å². The van der Waals surface area contributed by atoms with Crippen molar-refractivity contribution >= 4 is 23.2 Å². The third-order valence-electron chi connectivity index (χ3n) is 2.61. The first-order valence-corrected chi connectivity index (χ1v) is 5.98. The Balaban J connectivity index is 2.54. The van der Waals surface area contributed by atoms with E-state index in [4.69, 9.17) is 21.4 Å². The molecule has 19 heavy (non-hydrogen) atoms. The number of rotatable bonds is 4. The van der Waals surface area contributed by atoms with Gasteiger partial charge in [-0.15, -0.1) is 0 Å². The van der Waals surface area contributed by atoms with Gasteiger partial charge in [-0.25, -0.2) is 9.37 Å². The Morgan fingerprint density at radius 3 is 2.79 bits per heavy atom. The molecule has 2 aromatic rings. The first kappa shape index (κ1) is 13.6. The monoisotopic (exact) mass is 286 g/mol. The van der Waals surface area contributed by atoms with Gasteiger partial charge in [0.15, 0.2) is 11.4 Å². The maximum absolute atomic E-state index is 12.9. The molecule has 5 nitrogen and oxygen atoms in total. The fourth-order valence-electron chi connectivity index (χ4n) is 1.65. The Hall–Kier alpha value is -1.82. The van der Waals surface area contributed by atoms with E-state index < -0.39 is 18.2 Å². The van der Waals surface area contributed by atoms with Crippen molar-refractivity contribution in [1.29, 1.82) is 0 Å². The molecule has 0 amide bonds. The number of hydrogen-bond acceptors (Lipinski definition) is 3. The van der Waals surface area contributed by atoms with Crippen LogP contribution in [0.2, 0.25) is 5.02 Å². The summed E-state index contributed by atoms with van der Waals surface area (Å²) < 4.78 is 19.4. The summed E-state index contributed by atoms with van der Waals surface area (Å²) in [6.07, 6.45) is 1.58. The Morgan fingerprint density at radius 2 is 2.21 bits per heavy atom. The van der Waals surface area contributed by atoms with Gasteiger partial charge in [-0.1, -0.05) is 11.6 Å². The van der Waals surface area contributed by atoms with Crippen molar-refractivity contribution in [3.63, 3.8) is 0 Å². The summed E-state index contributed by atoms with van der Waals surface area (Å²) in [7, 11) is 0. The van der Waals surface area contributed by atoms with Crippen LogP contribution in [0.25, 0.3) is 5.65 Å². The van der Waals surface area contributed by atoms with Crippen molar-refractivity contribution in [3.05, 3.63) is 29.2 Å². The maximum Gasteiger partial charge on any atom is 0.312 e. The molecule has 2 heterocycles.